The van der Waals surface area contributed by atoms with E-state index in [0.29, 0.717) is 0 Å². The molecule has 0 saturated carbocycles. The van der Waals surface area contributed by atoms with Crippen LogP contribution in [0.5, 0.6) is 0 Å². The van der Waals surface area contributed by atoms with Crippen LogP contribution in [-0.4, -0.2) is 0 Å². The summed E-state index contributed by atoms with van der Waals surface area (Å²) in [5, 5.41) is 0. The zero-order valence-electron chi connectivity index (χ0n) is 9.06. The van der Waals surface area contributed by atoms with E-state index in [-0.39, 0.29) is 0 Å². The van der Waals surface area contributed by atoms with Crippen molar-refractivity contribution in [1.82, 2.24) is 0 Å². The van der Waals surface area contributed by atoms with Crippen LogP contribution in [0.25, 0.3) is 0 Å². The number of hydrogen-bond acceptors (Lipinski definition) is 0. The Labute approximate surface area is 82.0 Å². The molecule has 0 aliphatic heterocycles. The summed E-state index contributed by atoms with van der Waals surface area (Å²) in [5.41, 5.74) is 4.45. The van der Waals surface area contributed by atoms with E-state index in [1.54, 1.807) is 0 Å². The molecule has 0 heterocycles. The highest BCUT2D eigenvalue weighted by Crippen LogP contribution is 2.13. The number of aryl methyl sites for hydroxylation is 3. The standard InChI is InChI=1S/C13H20/c1-4-6-7-12-9-8-11(3)13(5-2)10-12/h8-10H,4-7H2,1-3H3. The van der Waals surface area contributed by atoms with Crippen molar-refractivity contribution < 1.29 is 0 Å². The molecule has 13 heavy (non-hydrogen) atoms. The molecule has 1 aromatic rings. The first kappa shape index (κ1) is 10.3. The van der Waals surface area contributed by atoms with Gasteiger partial charge in [0, 0.05) is 0 Å². The zero-order valence-corrected chi connectivity index (χ0v) is 9.06. The van der Waals surface area contributed by atoms with Gasteiger partial charge in [0.2, 0.25) is 0 Å². The first-order valence-electron chi connectivity index (χ1n) is 5.36. The molecule has 0 unspecified atom stereocenters. The van der Waals surface area contributed by atoms with Gasteiger partial charge in [0.15, 0.2) is 0 Å². The molecule has 0 saturated heterocycles. The van der Waals surface area contributed by atoms with Crippen molar-refractivity contribution in [2.75, 3.05) is 0 Å². The maximum atomic E-state index is 2.37. The van der Waals surface area contributed by atoms with Gasteiger partial charge >= 0.3 is 0 Å². The SMILES string of the molecule is CCCCc1ccc(C)c(CC)c1. The molecule has 0 aliphatic rings. The largest absolute Gasteiger partial charge is 0.0654 e. The summed E-state index contributed by atoms with van der Waals surface area (Å²) in [7, 11) is 0. The number of rotatable bonds is 4. The van der Waals surface area contributed by atoms with Crippen LogP contribution in [0.1, 0.15) is 43.4 Å². The fraction of sp³-hybridized carbons (Fsp3) is 0.538. The van der Waals surface area contributed by atoms with Gasteiger partial charge in [0.1, 0.15) is 0 Å². The molecule has 0 N–H and O–H groups in total. The van der Waals surface area contributed by atoms with E-state index < -0.39 is 0 Å². The third-order valence-corrected chi connectivity index (χ3v) is 2.61. The monoisotopic (exact) mass is 176 g/mol. The summed E-state index contributed by atoms with van der Waals surface area (Å²) in [5.74, 6) is 0. The van der Waals surface area contributed by atoms with E-state index in [1.807, 2.05) is 0 Å². The highest BCUT2D eigenvalue weighted by molar-refractivity contribution is 5.31. The fourth-order valence-electron chi connectivity index (χ4n) is 1.64. The number of benzene rings is 1. The highest BCUT2D eigenvalue weighted by atomic mass is 14.0. The van der Waals surface area contributed by atoms with Crippen LogP contribution in [0, 0.1) is 6.92 Å². The van der Waals surface area contributed by atoms with E-state index in [2.05, 4.69) is 39.0 Å². The van der Waals surface area contributed by atoms with E-state index in [1.165, 1.54) is 36.0 Å². The van der Waals surface area contributed by atoms with Crippen molar-refractivity contribution in [2.45, 2.75) is 46.5 Å². The molecule has 0 spiro atoms. The summed E-state index contributed by atoms with van der Waals surface area (Å²) < 4.78 is 0. The molecular weight excluding hydrogens is 156 g/mol. The molecule has 1 rings (SSSR count). The van der Waals surface area contributed by atoms with Gasteiger partial charge in [-0.2, -0.15) is 0 Å². The van der Waals surface area contributed by atoms with Crippen molar-refractivity contribution in [3.05, 3.63) is 34.9 Å². The van der Waals surface area contributed by atoms with Gasteiger partial charge in [-0.15, -0.1) is 0 Å². The Morgan fingerprint density at radius 3 is 2.54 bits per heavy atom. The van der Waals surface area contributed by atoms with Crippen LogP contribution in [0.15, 0.2) is 18.2 Å². The Hall–Kier alpha value is -0.780. The van der Waals surface area contributed by atoms with Crippen LogP contribution in [-0.2, 0) is 12.8 Å². The molecule has 0 aliphatic carbocycles. The van der Waals surface area contributed by atoms with Crippen LogP contribution in [0.4, 0.5) is 0 Å². The molecule has 0 atom stereocenters. The molecule has 0 aromatic heterocycles. The predicted octanol–water partition coefficient (Wildman–Crippen LogP) is 3.90. The van der Waals surface area contributed by atoms with Crippen molar-refractivity contribution in [3.63, 3.8) is 0 Å². The molecular formula is C13H20. The van der Waals surface area contributed by atoms with Crippen molar-refractivity contribution >= 4 is 0 Å². The van der Waals surface area contributed by atoms with Gasteiger partial charge in [-0.25, -0.2) is 0 Å². The van der Waals surface area contributed by atoms with Crippen LogP contribution < -0.4 is 0 Å². The van der Waals surface area contributed by atoms with Crippen molar-refractivity contribution in [2.24, 2.45) is 0 Å². The molecule has 0 nitrogen and oxygen atoms in total. The minimum absolute atomic E-state index is 1.16. The summed E-state index contributed by atoms with van der Waals surface area (Å²) in [6.45, 7) is 6.67. The first-order valence-corrected chi connectivity index (χ1v) is 5.36. The second-order valence-electron chi connectivity index (χ2n) is 3.72. The normalized spacial score (nSPS) is 10.4. The fourth-order valence-corrected chi connectivity index (χ4v) is 1.64. The second-order valence-corrected chi connectivity index (χ2v) is 3.72. The molecule has 0 heteroatoms. The topological polar surface area (TPSA) is 0 Å². The predicted molar refractivity (Wildman–Crippen MR) is 59.2 cm³/mol. The Bertz CT molecular complexity index is 261. The minimum atomic E-state index is 1.16. The van der Waals surface area contributed by atoms with Gasteiger partial charge in [-0.1, -0.05) is 38.5 Å². The summed E-state index contributed by atoms with van der Waals surface area (Å²) in [6.07, 6.45) is 5.00. The third-order valence-electron chi connectivity index (χ3n) is 2.61. The maximum absolute atomic E-state index is 2.37. The van der Waals surface area contributed by atoms with E-state index in [0.717, 1.165) is 6.42 Å². The van der Waals surface area contributed by atoms with E-state index in [9.17, 15) is 0 Å². The lowest BCUT2D eigenvalue weighted by Gasteiger charge is -2.06. The molecule has 1 aromatic carbocycles. The van der Waals surface area contributed by atoms with Gasteiger partial charge in [0.25, 0.3) is 0 Å². The number of unbranched alkanes of at least 4 members (excludes halogenated alkanes) is 1. The third kappa shape index (κ3) is 2.87. The Morgan fingerprint density at radius 1 is 1.15 bits per heavy atom. The van der Waals surface area contributed by atoms with Crippen molar-refractivity contribution in [3.8, 4) is 0 Å². The smallest absolute Gasteiger partial charge is 0.0279 e. The Balaban J connectivity index is 2.74. The maximum Gasteiger partial charge on any atom is -0.0279 e. The zero-order chi connectivity index (χ0) is 9.68. The van der Waals surface area contributed by atoms with Gasteiger partial charge in [-0.05, 0) is 42.9 Å². The van der Waals surface area contributed by atoms with Crippen LogP contribution >= 0.6 is 0 Å². The Morgan fingerprint density at radius 2 is 1.92 bits per heavy atom. The second kappa shape index (κ2) is 5.06. The van der Waals surface area contributed by atoms with Gasteiger partial charge < -0.3 is 0 Å². The minimum Gasteiger partial charge on any atom is -0.0654 e. The molecule has 0 fully saturated rings. The highest BCUT2D eigenvalue weighted by Gasteiger charge is 1.97. The average Bonchev–Trinajstić information content (AvgIpc) is 2.16. The summed E-state index contributed by atoms with van der Waals surface area (Å²) >= 11 is 0. The number of hydrogen-bond donors (Lipinski definition) is 0. The van der Waals surface area contributed by atoms with Gasteiger partial charge in [0.05, 0.1) is 0 Å². The summed E-state index contributed by atoms with van der Waals surface area (Å²) in [6, 6.07) is 6.89. The molecule has 72 valence electrons. The van der Waals surface area contributed by atoms with Crippen LogP contribution in [0.2, 0.25) is 0 Å². The van der Waals surface area contributed by atoms with E-state index >= 15 is 0 Å². The molecule has 0 amide bonds. The van der Waals surface area contributed by atoms with Crippen LogP contribution in [0.3, 0.4) is 0 Å². The lowest BCUT2D eigenvalue weighted by molar-refractivity contribution is 0.793. The summed E-state index contributed by atoms with van der Waals surface area (Å²) in [4.78, 5) is 0. The molecule has 0 bridgehead atoms. The van der Waals surface area contributed by atoms with Gasteiger partial charge in [-0.3, -0.25) is 0 Å². The van der Waals surface area contributed by atoms with Crippen molar-refractivity contribution in [1.29, 1.82) is 0 Å². The average molecular weight is 176 g/mol. The Kier molecular flexibility index (Phi) is 4.01. The van der Waals surface area contributed by atoms with E-state index in [4.69, 9.17) is 0 Å². The molecule has 0 radical (unpaired) electrons. The lowest BCUT2D eigenvalue weighted by Crippen LogP contribution is -1.91. The quantitative estimate of drug-likeness (QED) is 0.652. The lowest BCUT2D eigenvalue weighted by atomic mass is 10.0. The first-order chi connectivity index (χ1) is 6.27.